The van der Waals surface area contributed by atoms with Gasteiger partial charge in [0.25, 0.3) is 11.6 Å². The van der Waals surface area contributed by atoms with Gasteiger partial charge in [-0.3, -0.25) is 14.9 Å². The number of nitro benzene ring substituents is 1. The highest BCUT2D eigenvalue weighted by Crippen LogP contribution is 2.34. The van der Waals surface area contributed by atoms with Crippen LogP contribution in [0.3, 0.4) is 0 Å². The van der Waals surface area contributed by atoms with Gasteiger partial charge >= 0.3 is 0 Å². The molecule has 0 heterocycles. The molecular weight excluding hydrogens is 376 g/mol. The molecule has 0 radical (unpaired) electrons. The van der Waals surface area contributed by atoms with Crippen LogP contribution < -0.4 is 14.8 Å². The number of carbonyl (C=O) groups is 1. The zero-order valence-electron chi connectivity index (χ0n) is 14.9. The van der Waals surface area contributed by atoms with E-state index in [0.29, 0.717) is 11.6 Å². The van der Waals surface area contributed by atoms with Crippen molar-refractivity contribution in [2.75, 3.05) is 27.4 Å². The van der Waals surface area contributed by atoms with Gasteiger partial charge in [0.1, 0.15) is 12.2 Å². The summed E-state index contributed by atoms with van der Waals surface area (Å²) in [6, 6.07) is 9.40. The predicted molar refractivity (Wildman–Crippen MR) is 99.6 cm³/mol. The van der Waals surface area contributed by atoms with Crippen LogP contribution >= 0.6 is 11.6 Å². The van der Waals surface area contributed by atoms with Gasteiger partial charge in [-0.2, -0.15) is 0 Å². The molecule has 0 saturated heterocycles. The number of nitro groups is 1. The number of methoxy groups -OCH3 is 2. The third kappa shape index (κ3) is 5.57. The van der Waals surface area contributed by atoms with Gasteiger partial charge in [-0.1, -0.05) is 23.7 Å². The summed E-state index contributed by atoms with van der Waals surface area (Å²) in [5.74, 6) is -0.235. The highest BCUT2D eigenvalue weighted by molar-refractivity contribution is 6.30. The van der Waals surface area contributed by atoms with Crippen molar-refractivity contribution in [2.24, 2.45) is 0 Å². The van der Waals surface area contributed by atoms with E-state index >= 15 is 0 Å². The van der Waals surface area contributed by atoms with E-state index in [0.717, 1.165) is 5.56 Å². The number of nitrogens with one attached hydrogen (secondary N) is 1. The SMILES string of the molecule is COCCOc1cc([N+](=O)[O-])c(C(=O)NCc2cccc(Cl)c2)cc1OC. The summed E-state index contributed by atoms with van der Waals surface area (Å²) >= 11 is 5.91. The largest absolute Gasteiger partial charge is 0.493 e. The topological polar surface area (TPSA) is 99.9 Å². The zero-order valence-corrected chi connectivity index (χ0v) is 15.6. The summed E-state index contributed by atoms with van der Waals surface area (Å²) in [5, 5.41) is 14.6. The van der Waals surface area contributed by atoms with Gasteiger partial charge in [0.05, 0.1) is 24.7 Å². The Morgan fingerprint density at radius 1 is 1.19 bits per heavy atom. The molecule has 1 amide bonds. The summed E-state index contributed by atoms with van der Waals surface area (Å²) in [7, 11) is 2.90. The van der Waals surface area contributed by atoms with Crippen LogP contribution in [0.2, 0.25) is 5.02 Å². The van der Waals surface area contributed by atoms with Gasteiger partial charge in [-0.05, 0) is 17.7 Å². The van der Waals surface area contributed by atoms with Crippen LogP contribution in [0.1, 0.15) is 15.9 Å². The van der Waals surface area contributed by atoms with Crippen LogP contribution in [-0.4, -0.2) is 38.3 Å². The first-order valence-electron chi connectivity index (χ1n) is 7.97. The first-order chi connectivity index (χ1) is 13.0. The quantitative estimate of drug-likeness (QED) is 0.398. The van der Waals surface area contributed by atoms with Crippen LogP contribution in [0.15, 0.2) is 36.4 Å². The van der Waals surface area contributed by atoms with Gasteiger partial charge in [-0.25, -0.2) is 0 Å². The minimum Gasteiger partial charge on any atom is -0.493 e. The van der Waals surface area contributed by atoms with E-state index in [4.69, 9.17) is 25.8 Å². The lowest BCUT2D eigenvalue weighted by atomic mass is 10.1. The average Bonchev–Trinajstić information content (AvgIpc) is 2.65. The maximum Gasteiger partial charge on any atom is 0.286 e. The number of carbonyl (C=O) groups excluding carboxylic acids is 1. The second-order valence-electron chi connectivity index (χ2n) is 5.43. The molecule has 0 spiro atoms. The number of nitrogens with zero attached hydrogens (tertiary/aromatic N) is 1. The number of hydrogen-bond acceptors (Lipinski definition) is 6. The second-order valence-corrected chi connectivity index (χ2v) is 5.87. The summed E-state index contributed by atoms with van der Waals surface area (Å²) in [6.45, 7) is 0.661. The molecule has 1 N–H and O–H groups in total. The Balaban J connectivity index is 2.25. The molecule has 9 heteroatoms. The van der Waals surface area contributed by atoms with E-state index in [2.05, 4.69) is 5.32 Å². The summed E-state index contributed by atoms with van der Waals surface area (Å²) < 4.78 is 15.5. The van der Waals surface area contributed by atoms with Crippen molar-refractivity contribution in [3.8, 4) is 11.5 Å². The maximum atomic E-state index is 12.5. The van der Waals surface area contributed by atoms with Crippen molar-refractivity contribution in [2.45, 2.75) is 6.54 Å². The molecule has 0 aromatic heterocycles. The Kier molecular flexibility index (Phi) is 7.39. The Morgan fingerprint density at radius 2 is 1.96 bits per heavy atom. The molecule has 2 rings (SSSR count). The highest BCUT2D eigenvalue weighted by Gasteiger charge is 2.24. The van der Waals surface area contributed by atoms with Crippen molar-refractivity contribution in [3.05, 3.63) is 62.7 Å². The molecule has 0 unspecified atom stereocenters. The average molecular weight is 395 g/mol. The molecule has 144 valence electrons. The Hall–Kier alpha value is -2.84. The summed E-state index contributed by atoms with van der Waals surface area (Å²) in [5.41, 5.74) is 0.259. The third-order valence-electron chi connectivity index (χ3n) is 3.61. The number of amides is 1. The van der Waals surface area contributed by atoms with Crippen molar-refractivity contribution < 1.29 is 23.9 Å². The molecule has 0 fully saturated rings. The van der Waals surface area contributed by atoms with E-state index in [1.54, 1.807) is 24.3 Å². The molecular formula is C18H19ClN2O6. The molecule has 2 aromatic carbocycles. The van der Waals surface area contributed by atoms with E-state index in [9.17, 15) is 14.9 Å². The van der Waals surface area contributed by atoms with Gasteiger partial charge in [0, 0.05) is 24.7 Å². The molecule has 8 nitrogen and oxygen atoms in total. The van der Waals surface area contributed by atoms with Crippen LogP contribution in [0.25, 0.3) is 0 Å². The monoisotopic (exact) mass is 394 g/mol. The Bertz CT molecular complexity index is 827. The molecule has 0 aliphatic carbocycles. The fourth-order valence-electron chi connectivity index (χ4n) is 2.31. The lowest BCUT2D eigenvalue weighted by Crippen LogP contribution is -2.24. The fourth-order valence-corrected chi connectivity index (χ4v) is 2.53. The number of rotatable bonds is 9. The highest BCUT2D eigenvalue weighted by atomic mass is 35.5. The number of hydrogen-bond donors (Lipinski definition) is 1. The van der Waals surface area contributed by atoms with Gasteiger partial charge in [0.2, 0.25) is 0 Å². The molecule has 2 aromatic rings. The lowest BCUT2D eigenvalue weighted by Gasteiger charge is -2.13. The molecule has 0 aliphatic heterocycles. The van der Waals surface area contributed by atoms with Crippen LogP contribution in [0, 0.1) is 10.1 Å². The van der Waals surface area contributed by atoms with Crippen LogP contribution in [0.5, 0.6) is 11.5 Å². The predicted octanol–water partition coefficient (Wildman–Crippen LogP) is 3.21. The van der Waals surface area contributed by atoms with Gasteiger partial charge in [-0.15, -0.1) is 0 Å². The second kappa shape index (κ2) is 9.75. The summed E-state index contributed by atoms with van der Waals surface area (Å²) in [4.78, 5) is 23.3. The summed E-state index contributed by atoms with van der Waals surface area (Å²) in [6.07, 6.45) is 0. The number of ether oxygens (including phenoxy) is 3. The van der Waals surface area contributed by atoms with E-state index < -0.39 is 10.8 Å². The lowest BCUT2D eigenvalue weighted by molar-refractivity contribution is -0.385. The molecule has 0 aliphatic rings. The minimum atomic E-state index is -0.642. The van der Waals surface area contributed by atoms with Crippen molar-refractivity contribution in [3.63, 3.8) is 0 Å². The molecule has 0 saturated carbocycles. The minimum absolute atomic E-state index is 0.127. The molecule has 0 bridgehead atoms. The van der Waals surface area contributed by atoms with E-state index in [-0.39, 0.29) is 35.9 Å². The van der Waals surface area contributed by atoms with E-state index in [1.807, 2.05) is 0 Å². The van der Waals surface area contributed by atoms with Crippen molar-refractivity contribution in [1.29, 1.82) is 0 Å². The van der Waals surface area contributed by atoms with E-state index in [1.165, 1.54) is 26.4 Å². The smallest absolute Gasteiger partial charge is 0.286 e. The third-order valence-corrected chi connectivity index (χ3v) is 3.85. The first kappa shape index (κ1) is 20.5. The molecule has 27 heavy (non-hydrogen) atoms. The normalized spacial score (nSPS) is 10.3. The van der Waals surface area contributed by atoms with Crippen molar-refractivity contribution >= 4 is 23.2 Å². The molecule has 0 atom stereocenters. The number of halogens is 1. The van der Waals surface area contributed by atoms with Gasteiger partial charge in [0.15, 0.2) is 11.5 Å². The zero-order chi connectivity index (χ0) is 19.8. The fraction of sp³-hybridized carbons (Fsp3) is 0.278. The maximum absolute atomic E-state index is 12.5. The first-order valence-corrected chi connectivity index (χ1v) is 8.35. The standard InChI is InChI=1S/C18H19ClN2O6/c1-25-6-7-27-17-10-15(21(23)24)14(9-16(17)26-2)18(22)20-11-12-4-3-5-13(19)8-12/h3-5,8-10H,6-7,11H2,1-2H3,(H,20,22). The Labute approximate surface area is 161 Å². The van der Waals surface area contributed by atoms with Crippen LogP contribution in [-0.2, 0) is 11.3 Å². The Morgan fingerprint density at radius 3 is 2.59 bits per heavy atom. The number of benzene rings is 2. The van der Waals surface area contributed by atoms with Crippen LogP contribution in [0.4, 0.5) is 5.69 Å². The van der Waals surface area contributed by atoms with Gasteiger partial charge < -0.3 is 19.5 Å². The van der Waals surface area contributed by atoms with Crippen molar-refractivity contribution in [1.82, 2.24) is 5.32 Å².